The van der Waals surface area contributed by atoms with Crippen molar-refractivity contribution in [2.45, 2.75) is 6.18 Å². The van der Waals surface area contributed by atoms with Crippen LogP contribution >= 0.6 is 0 Å². The van der Waals surface area contributed by atoms with E-state index in [2.05, 4.69) is 25.3 Å². The van der Waals surface area contributed by atoms with Crippen molar-refractivity contribution in [3.63, 3.8) is 0 Å². The molecule has 0 fully saturated rings. The van der Waals surface area contributed by atoms with Crippen molar-refractivity contribution < 1.29 is 13.2 Å². The number of hydrogen-bond acceptors (Lipinski definition) is 5. The molecule has 3 heterocycles. The third-order valence-corrected chi connectivity index (χ3v) is 2.40. The van der Waals surface area contributed by atoms with Crippen LogP contribution in [0.25, 0.3) is 16.9 Å². The summed E-state index contributed by atoms with van der Waals surface area (Å²) in [7, 11) is 0. The Bertz CT molecular complexity index is 742. The maximum absolute atomic E-state index is 12.5. The van der Waals surface area contributed by atoms with Gasteiger partial charge in [-0.25, -0.2) is 4.68 Å². The number of aromatic nitrogens is 6. The quantitative estimate of drug-likeness (QED) is 0.690. The fraction of sp³-hybridized carbons (Fsp3) is 0.111. The topological polar surface area (TPSA) is 98.3 Å². The first-order valence-electron chi connectivity index (χ1n) is 5.05. The van der Waals surface area contributed by atoms with E-state index in [4.69, 9.17) is 5.73 Å². The normalized spacial score (nSPS) is 12.2. The smallest absolute Gasteiger partial charge is 0.368 e. The van der Waals surface area contributed by atoms with Crippen LogP contribution in [0.1, 0.15) is 5.69 Å². The van der Waals surface area contributed by atoms with Crippen molar-refractivity contribution in [1.82, 2.24) is 29.9 Å². The van der Waals surface area contributed by atoms with Gasteiger partial charge in [-0.1, -0.05) is 0 Å². The molecule has 0 atom stereocenters. The molecule has 3 N–H and O–H groups in total. The van der Waals surface area contributed by atoms with Crippen LogP contribution in [0.15, 0.2) is 18.5 Å². The Kier molecular flexibility index (Phi) is 2.21. The minimum absolute atomic E-state index is 0.0872. The number of nitrogen functional groups attached to an aromatic ring is 1. The highest BCUT2D eigenvalue weighted by Gasteiger charge is 2.33. The highest BCUT2D eigenvalue weighted by molar-refractivity contribution is 5.82. The van der Waals surface area contributed by atoms with Crippen LogP contribution in [0.3, 0.4) is 0 Å². The van der Waals surface area contributed by atoms with E-state index in [1.807, 2.05) is 0 Å². The Hall–Kier alpha value is -2.65. The van der Waals surface area contributed by atoms with Crippen LogP contribution in [0.2, 0.25) is 0 Å². The van der Waals surface area contributed by atoms with E-state index < -0.39 is 11.9 Å². The second-order valence-corrected chi connectivity index (χ2v) is 3.68. The van der Waals surface area contributed by atoms with Crippen molar-refractivity contribution in [2.75, 3.05) is 5.73 Å². The first-order valence-corrected chi connectivity index (χ1v) is 5.05. The predicted octanol–water partition coefficient (Wildman–Crippen LogP) is 1.14. The molecule has 0 saturated carbocycles. The molecule has 7 nitrogen and oxygen atoms in total. The maximum atomic E-state index is 12.5. The molecule has 0 aromatic carbocycles. The van der Waals surface area contributed by atoms with E-state index in [0.717, 1.165) is 16.9 Å². The minimum Gasteiger partial charge on any atom is -0.368 e. The lowest BCUT2D eigenvalue weighted by molar-refractivity contribution is -0.141. The summed E-state index contributed by atoms with van der Waals surface area (Å²) in [5.74, 6) is 0.0440. The van der Waals surface area contributed by atoms with Crippen LogP contribution in [0, 0.1) is 0 Å². The lowest BCUT2D eigenvalue weighted by atomic mass is 10.4. The number of H-pyrrole nitrogens is 1. The molecule has 0 aliphatic carbocycles. The first-order chi connectivity index (χ1) is 8.95. The second kappa shape index (κ2) is 3.67. The Balaban J connectivity index is 2.19. The number of nitrogens with two attached hydrogens (primary N) is 1. The Morgan fingerprint density at radius 3 is 2.74 bits per heavy atom. The number of hydrogen-bond donors (Lipinski definition) is 2. The molecule has 10 heteroatoms. The van der Waals surface area contributed by atoms with Gasteiger partial charge in [-0.15, -0.1) is 0 Å². The zero-order valence-electron chi connectivity index (χ0n) is 9.18. The van der Waals surface area contributed by atoms with E-state index in [9.17, 15) is 13.2 Å². The molecule has 0 radical (unpaired) electrons. The molecule has 3 aromatic rings. The average Bonchev–Trinajstić information content (AvgIpc) is 2.94. The number of alkyl halides is 3. The molecule has 0 saturated heterocycles. The monoisotopic (exact) mass is 269 g/mol. The number of nitrogens with one attached hydrogen (secondary N) is 1. The number of anilines is 1. The standard InChI is InChI=1S/C9H6F3N7/c10-9(11,12)5-1-2-19(18-5)7-4-3-14-17-6(4)15-8(13)16-7/h1-3H,(H3,13,14,15,16,17). The minimum atomic E-state index is -4.51. The van der Waals surface area contributed by atoms with E-state index in [1.54, 1.807) is 0 Å². The highest BCUT2D eigenvalue weighted by atomic mass is 19.4. The van der Waals surface area contributed by atoms with Gasteiger partial charge in [0.1, 0.15) is 0 Å². The zero-order valence-corrected chi connectivity index (χ0v) is 9.18. The molecule has 0 aliphatic heterocycles. The molecule has 3 rings (SSSR count). The molecule has 98 valence electrons. The van der Waals surface area contributed by atoms with Crippen molar-refractivity contribution in [1.29, 1.82) is 0 Å². The summed E-state index contributed by atoms with van der Waals surface area (Å²) in [5, 5.41) is 10.1. The van der Waals surface area contributed by atoms with Gasteiger partial charge in [0.25, 0.3) is 0 Å². The van der Waals surface area contributed by atoms with E-state index in [-0.39, 0.29) is 11.8 Å². The summed E-state index contributed by atoms with van der Waals surface area (Å²) in [5.41, 5.74) is 4.79. The highest BCUT2D eigenvalue weighted by Crippen LogP contribution is 2.28. The fourth-order valence-corrected chi connectivity index (χ4v) is 1.60. The third-order valence-electron chi connectivity index (χ3n) is 2.40. The van der Waals surface area contributed by atoms with Gasteiger partial charge in [0.2, 0.25) is 5.95 Å². The van der Waals surface area contributed by atoms with Crippen molar-refractivity contribution in [3.8, 4) is 5.82 Å². The molecular formula is C9H6F3N7. The number of fused-ring (bicyclic) bond motifs is 1. The van der Waals surface area contributed by atoms with Crippen LogP contribution < -0.4 is 5.73 Å². The van der Waals surface area contributed by atoms with Crippen molar-refractivity contribution >= 4 is 17.0 Å². The zero-order chi connectivity index (χ0) is 13.6. The van der Waals surface area contributed by atoms with Crippen molar-refractivity contribution in [3.05, 3.63) is 24.2 Å². The molecule has 0 amide bonds. The largest absolute Gasteiger partial charge is 0.435 e. The van der Waals surface area contributed by atoms with Gasteiger partial charge in [0, 0.05) is 6.20 Å². The summed E-state index contributed by atoms with van der Waals surface area (Å²) in [6.07, 6.45) is -1.98. The van der Waals surface area contributed by atoms with Gasteiger partial charge in [0.15, 0.2) is 17.2 Å². The number of nitrogens with zero attached hydrogens (tertiary/aromatic N) is 5. The molecule has 0 spiro atoms. The fourth-order valence-electron chi connectivity index (χ4n) is 1.60. The lowest BCUT2D eigenvalue weighted by Crippen LogP contribution is -2.09. The number of halogens is 3. The van der Waals surface area contributed by atoms with Gasteiger partial charge in [0.05, 0.1) is 11.6 Å². The van der Waals surface area contributed by atoms with Crippen LogP contribution in [-0.2, 0) is 6.18 Å². The average molecular weight is 269 g/mol. The molecule has 3 aromatic heterocycles. The van der Waals surface area contributed by atoms with Crippen molar-refractivity contribution in [2.24, 2.45) is 0 Å². The summed E-state index contributed by atoms with van der Waals surface area (Å²) in [6, 6.07) is 0.851. The van der Waals surface area contributed by atoms with E-state index in [0.29, 0.717) is 11.0 Å². The van der Waals surface area contributed by atoms with Gasteiger partial charge in [-0.05, 0) is 6.07 Å². The molecular weight excluding hydrogens is 263 g/mol. The summed E-state index contributed by atoms with van der Waals surface area (Å²) < 4.78 is 38.5. The molecule has 0 bridgehead atoms. The van der Waals surface area contributed by atoms with Crippen LogP contribution in [-0.4, -0.2) is 29.9 Å². The van der Waals surface area contributed by atoms with Gasteiger partial charge < -0.3 is 5.73 Å². The lowest BCUT2D eigenvalue weighted by Gasteiger charge is -2.03. The number of rotatable bonds is 1. The molecule has 19 heavy (non-hydrogen) atoms. The van der Waals surface area contributed by atoms with Crippen LogP contribution in [0.5, 0.6) is 0 Å². The Morgan fingerprint density at radius 2 is 2.05 bits per heavy atom. The maximum Gasteiger partial charge on any atom is 0.435 e. The third kappa shape index (κ3) is 1.86. The predicted molar refractivity (Wildman–Crippen MR) is 58.2 cm³/mol. The van der Waals surface area contributed by atoms with Gasteiger partial charge >= 0.3 is 6.18 Å². The van der Waals surface area contributed by atoms with Gasteiger partial charge in [-0.3, -0.25) is 5.10 Å². The molecule has 0 unspecified atom stereocenters. The summed E-state index contributed by atoms with van der Waals surface area (Å²) in [4.78, 5) is 7.74. The summed E-state index contributed by atoms with van der Waals surface area (Å²) >= 11 is 0. The Morgan fingerprint density at radius 1 is 1.26 bits per heavy atom. The number of aromatic amines is 1. The van der Waals surface area contributed by atoms with Crippen LogP contribution in [0.4, 0.5) is 19.1 Å². The molecule has 0 aliphatic rings. The summed E-state index contributed by atoms with van der Waals surface area (Å²) in [6.45, 7) is 0. The Labute approximate surface area is 103 Å². The van der Waals surface area contributed by atoms with E-state index >= 15 is 0 Å². The van der Waals surface area contributed by atoms with E-state index in [1.165, 1.54) is 6.20 Å². The first kappa shape index (κ1) is 11.4. The SMILES string of the molecule is Nc1nc(-n2ccc(C(F)(F)F)n2)c2cn[nH]c2n1. The second-order valence-electron chi connectivity index (χ2n) is 3.68. The van der Waals surface area contributed by atoms with Gasteiger partial charge in [-0.2, -0.15) is 33.3 Å².